The molecule has 0 spiro atoms. The SMILES string of the molecule is CC/C=C/C[C@H](O[Si](C)(C)C(C)(C)C)[C@@H](C(=O)OC)N(NC(=O)OC(C)(C)C)C(=O)OC(C)(C)C. The zero-order valence-electron chi connectivity index (χ0n) is 24.0. The molecule has 0 aromatic carbocycles. The molecule has 0 aromatic heterocycles. The van der Waals surface area contributed by atoms with E-state index in [1.165, 1.54) is 7.11 Å². The summed E-state index contributed by atoms with van der Waals surface area (Å²) in [6.45, 7) is 22.5. The highest BCUT2D eigenvalue weighted by Crippen LogP contribution is 2.38. The van der Waals surface area contributed by atoms with Crippen LogP contribution < -0.4 is 5.43 Å². The molecule has 10 heteroatoms. The van der Waals surface area contributed by atoms with Gasteiger partial charge in [-0.2, -0.15) is 5.01 Å². The number of amides is 2. The number of rotatable bonds is 8. The van der Waals surface area contributed by atoms with Gasteiger partial charge in [0.05, 0.1) is 13.2 Å². The minimum absolute atomic E-state index is 0.171. The van der Waals surface area contributed by atoms with Gasteiger partial charge in [0.2, 0.25) is 0 Å². The second-order valence-electron chi connectivity index (χ2n) is 12.0. The molecule has 0 aliphatic carbocycles. The van der Waals surface area contributed by atoms with E-state index >= 15 is 0 Å². The average Bonchev–Trinajstić information content (AvgIpc) is 2.63. The number of hydrazine groups is 1. The molecule has 35 heavy (non-hydrogen) atoms. The third-order valence-corrected chi connectivity index (χ3v) is 9.80. The number of hydrogen-bond donors (Lipinski definition) is 1. The zero-order valence-corrected chi connectivity index (χ0v) is 25.0. The number of nitrogens with zero attached hydrogens (tertiary/aromatic N) is 1. The van der Waals surface area contributed by atoms with E-state index in [1.807, 2.05) is 19.1 Å². The number of ether oxygens (including phenoxy) is 3. The third kappa shape index (κ3) is 11.9. The van der Waals surface area contributed by atoms with E-state index in [0.29, 0.717) is 6.42 Å². The monoisotopic (exact) mass is 516 g/mol. The summed E-state index contributed by atoms with van der Waals surface area (Å²) in [5.41, 5.74) is 0.701. The van der Waals surface area contributed by atoms with Gasteiger partial charge in [-0.25, -0.2) is 19.8 Å². The molecule has 0 rings (SSSR count). The zero-order chi connectivity index (χ0) is 27.8. The summed E-state index contributed by atoms with van der Waals surface area (Å²) < 4.78 is 22.6. The van der Waals surface area contributed by atoms with E-state index < -0.39 is 49.8 Å². The molecule has 0 aromatic rings. The van der Waals surface area contributed by atoms with Crippen molar-refractivity contribution in [2.75, 3.05) is 7.11 Å². The quantitative estimate of drug-likeness (QED) is 0.140. The fourth-order valence-electron chi connectivity index (χ4n) is 2.68. The van der Waals surface area contributed by atoms with Gasteiger partial charge in [-0.1, -0.05) is 39.8 Å². The number of hydrogen-bond acceptors (Lipinski definition) is 7. The van der Waals surface area contributed by atoms with Crippen molar-refractivity contribution in [3.8, 4) is 0 Å². The number of methoxy groups -OCH3 is 1. The molecule has 0 fully saturated rings. The molecule has 0 heterocycles. The van der Waals surface area contributed by atoms with Crippen molar-refractivity contribution < 1.29 is 33.0 Å². The molecule has 0 aliphatic rings. The van der Waals surface area contributed by atoms with E-state index in [2.05, 4.69) is 39.3 Å². The summed E-state index contributed by atoms with van der Waals surface area (Å²) >= 11 is 0. The first-order chi connectivity index (χ1) is 15.6. The molecule has 0 saturated carbocycles. The van der Waals surface area contributed by atoms with Crippen molar-refractivity contribution in [2.45, 2.75) is 124 Å². The van der Waals surface area contributed by atoms with E-state index in [-0.39, 0.29) is 5.04 Å². The van der Waals surface area contributed by atoms with Crippen molar-refractivity contribution in [1.82, 2.24) is 10.4 Å². The Morgan fingerprint density at radius 1 is 0.914 bits per heavy atom. The van der Waals surface area contributed by atoms with Gasteiger partial charge in [-0.3, -0.25) is 0 Å². The molecule has 0 saturated heterocycles. The van der Waals surface area contributed by atoms with E-state index in [9.17, 15) is 14.4 Å². The minimum atomic E-state index is -2.42. The molecule has 1 N–H and O–H groups in total. The average molecular weight is 517 g/mol. The van der Waals surface area contributed by atoms with Crippen LogP contribution in [0.2, 0.25) is 18.1 Å². The molecule has 0 bridgehead atoms. The Hall–Kier alpha value is -2.07. The van der Waals surface area contributed by atoms with Crippen LogP contribution in [-0.4, -0.2) is 61.9 Å². The first-order valence-corrected chi connectivity index (χ1v) is 15.0. The van der Waals surface area contributed by atoms with Crippen molar-refractivity contribution in [3.63, 3.8) is 0 Å². The Balaban J connectivity index is 6.64. The Kier molecular flexibility index (Phi) is 12.0. The Morgan fingerprint density at radius 2 is 1.43 bits per heavy atom. The second-order valence-corrected chi connectivity index (χ2v) is 16.7. The van der Waals surface area contributed by atoms with Gasteiger partial charge in [-0.05, 0) is 72.5 Å². The molecule has 0 aliphatic heterocycles. The predicted molar refractivity (Wildman–Crippen MR) is 139 cm³/mol. The summed E-state index contributed by atoms with van der Waals surface area (Å²) in [5, 5.41) is 0.665. The Bertz CT molecular complexity index is 746. The number of allylic oxidation sites excluding steroid dienone is 1. The minimum Gasteiger partial charge on any atom is -0.467 e. The maximum absolute atomic E-state index is 13.3. The molecule has 2 amide bonds. The van der Waals surface area contributed by atoms with Gasteiger partial charge >= 0.3 is 18.2 Å². The molecular formula is C25H48N2O7Si. The second kappa shape index (κ2) is 12.8. The van der Waals surface area contributed by atoms with Gasteiger partial charge in [0.1, 0.15) is 11.2 Å². The van der Waals surface area contributed by atoms with Gasteiger partial charge in [0.15, 0.2) is 14.4 Å². The standard InChI is InChI=1S/C25H48N2O7Si/c1-14-15-16-17-18(34-35(12,13)25(8,9)10)19(20(28)31-11)27(22(30)33-24(5,6)7)26-21(29)32-23(2,3)4/h15-16,18-19H,14,17H2,1-13H3,(H,26,29)/b16-15+/t18-,19-/m0/s1. The normalized spacial score (nSPS) is 14.8. The van der Waals surface area contributed by atoms with Crippen LogP contribution in [0.5, 0.6) is 0 Å². The highest BCUT2D eigenvalue weighted by atomic mass is 28.4. The predicted octanol–water partition coefficient (Wildman–Crippen LogP) is 5.95. The van der Waals surface area contributed by atoms with E-state index in [0.717, 1.165) is 11.4 Å². The molecule has 9 nitrogen and oxygen atoms in total. The first-order valence-electron chi connectivity index (χ1n) is 12.1. The third-order valence-electron chi connectivity index (χ3n) is 5.30. The van der Waals surface area contributed by atoms with Crippen LogP contribution in [0.1, 0.15) is 82.1 Å². The lowest BCUT2D eigenvalue weighted by atomic mass is 10.1. The number of esters is 1. The summed E-state index contributed by atoms with van der Waals surface area (Å²) in [4.78, 5) is 39.1. The summed E-state index contributed by atoms with van der Waals surface area (Å²) in [5.74, 6) is -0.750. The van der Waals surface area contributed by atoms with Crippen LogP contribution in [0, 0.1) is 0 Å². The van der Waals surface area contributed by atoms with Crippen molar-refractivity contribution >= 4 is 26.5 Å². The molecule has 0 unspecified atom stereocenters. The summed E-state index contributed by atoms with van der Waals surface area (Å²) in [7, 11) is -1.20. The van der Waals surface area contributed by atoms with E-state index in [4.69, 9.17) is 18.6 Å². The van der Waals surface area contributed by atoms with Crippen LogP contribution in [0.25, 0.3) is 0 Å². The molecular weight excluding hydrogens is 468 g/mol. The van der Waals surface area contributed by atoms with E-state index in [1.54, 1.807) is 41.5 Å². The van der Waals surface area contributed by atoms with Crippen LogP contribution in [0.3, 0.4) is 0 Å². The first kappa shape index (κ1) is 32.9. The number of nitrogens with one attached hydrogen (secondary N) is 1. The molecule has 0 radical (unpaired) electrons. The lowest BCUT2D eigenvalue weighted by molar-refractivity contribution is -0.152. The van der Waals surface area contributed by atoms with Crippen LogP contribution in [-0.2, 0) is 23.4 Å². The number of carbonyl (C=O) groups is 3. The van der Waals surface area contributed by atoms with Crippen LogP contribution in [0.4, 0.5) is 9.59 Å². The van der Waals surface area contributed by atoms with Gasteiger partial charge in [-0.15, -0.1) is 0 Å². The smallest absolute Gasteiger partial charge is 0.430 e. The van der Waals surface area contributed by atoms with Crippen molar-refractivity contribution in [3.05, 3.63) is 12.2 Å². The van der Waals surface area contributed by atoms with Gasteiger partial charge in [0, 0.05) is 0 Å². The fraction of sp³-hybridized carbons (Fsp3) is 0.800. The van der Waals surface area contributed by atoms with Crippen molar-refractivity contribution in [1.29, 1.82) is 0 Å². The molecule has 2 atom stereocenters. The summed E-state index contributed by atoms with van der Waals surface area (Å²) in [6.07, 6.45) is 2.31. The fourth-order valence-corrected chi connectivity index (χ4v) is 4.01. The van der Waals surface area contributed by atoms with Crippen molar-refractivity contribution in [2.24, 2.45) is 0 Å². The summed E-state index contributed by atoms with van der Waals surface area (Å²) in [6, 6.07) is -1.32. The lowest BCUT2D eigenvalue weighted by Gasteiger charge is -2.42. The van der Waals surface area contributed by atoms with Gasteiger partial charge in [0.25, 0.3) is 0 Å². The topological polar surface area (TPSA) is 103 Å². The highest BCUT2D eigenvalue weighted by molar-refractivity contribution is 6.74. The van der Waals surface area contributed by atoms with Gasteiger partial charge < -0.3 is 18.6 Å². The largest absolute Gasteiger partial charge is 0.467 e. The number of carbonyl (C=O) groups excluding carboxylic acids is 3. The maximum atomic E-state index is 13.3. The molecule has 204 valence electrons. The Morgan fingerprint density at radius 3 is 1.83 bits per heavy atom. The van der Waals surface area contributed by atoms with Crippen LogP contribution >= 0.6 is 0 Å². The maximum Gasteiger partial charge on any atom is 0.430 e. The van der Waals surface area contributed by atoms with Crippen LogP contribution in [0.15, 0.2) is 12.2 Å². The highest BCUT2D eigenvalue weighted by Gasteiger charge is 2.46. The lowest BCUT2D eigenvalue weighted by Crippen LogP contribution is -2.62. The Labute approximate surface area is 213 Å².